The average molecular weight is 441 g/mol. The fraction of sp³-hybridized carbons (Fsp3) is 0.286. The van der Waals surface area contributed by atoms with Crippen LogP contribution in [0, 0.1) is 0 Å². The normalized spacial score (nSPS) is 11.7. The molecule has 1 unspecified atom stereocenters. The van der Waals surface area contributed by atoms with E-state index in [1.165, 1.54) is 0 Å². The molecule has 0 bridgehead atoms. The molecule has 0 aliphatic carbocycles. The third-order valence-electron chi connectivity index (χ3n) is 4.30. The van der Waals surface area contributed by atoms with Crippen molar-refractivity contribution in [2.24, 2.45) is 5.73 Å². The number of aromatic nitrogens is 2. The minimum atomic E-state index is -0.239. The molecule has 1 atom stereocenters. The highest BCUT2D eigenvalue weighted by molar-refractivity contribution is 6.36. The zero-order valence-electron chi connectivity index (χ0n) is 15.6. The Morgan fingerprint density at radius 2 is 1.89 bits per heavy atom. The van der Waals surface area contributed by atoms with E-state index in [1.807, 2.05) is 36.5 Å². The second-order valence-corrected chi connectivity index (χ2v) is 7.30. The molecule has 3 aromatic rings. The van der Waals surface area contributed by atoms with Crippen LogP contribution in [0.15, 0.2) is 48.7 Å². The zero-order chi connectivity index (χ0) is 19.2. The average Bonchev–Trinajstić information content (AvgIpc) is 3.13. The van der Waals surface area contributed by atoms with Crippen molar-refractivity contribution in [3.8, 4) is 17.0 Å². The van der Waals surface area contributed by atoms with Gasteiger partial charge in [0, 0.05) is 16.8 Å². The van der Waals surface area contributed by atoms with Crippen LogP contribution in [0.25, 0.3) is 11.3 Å². The van der Waals surface area contributed by atoms with Gasteiger partial charge in [-0.05, 0) is 48.7 Å². The number of rotatable bonds is 8. The SMILES string of the molecule is CCCCOc1ccc(CC(N)c2nc(-c3ccc(Cl)cc3Cl)c[nH]2)cc1.Cl. The summed E-state index contributed by atoms with van der Waals surface area (Å²) in [6.45, 7) is 2.90. The Hall–Kier alpha value is -1.72. The van der Waals surface area contributed by atoms with Crippen LogP contribution < -0.4 is 10.5 Å². The van der Waals surface area contributed by atoms with Crippen molar-refractivity contribution in [2.45, 2.75) is 32.2 Å². The number of hydrogen-bond acceptors (Lipinski definition) is 3. The molecule has 4 nitrogen and oxygen atoms in total. The number of imidazole rings is 1. The van der Waals surface area contributed by atoms with E-state index in [-0.39, 0.29) is 18.4 Å². The fourth-order valence-electron chi connectivity index (χ4n) is 2.77. The van der Waals surface area contributed by atoms with Crippen molar-refractivity contribution < 1.29 is 4.74 Å². The highest BCUT2D eigenvalue weighted by Gasteiger charge is 2.14. The van der Waals surface area contributed by atoms with Gasteiger partial charge >= 0.3 is 0 Å². The molecule has 0 saturated carbocycles. The van der Waals surface area contributed by atoms with Crippen LogP contribution in [0.1, 0.15) is 37.2 Å². The molecule has 0 radical (unpaired) electrons. The first-order valence-corrected chi connectivity index (χ1v) is 9.80. The van der Waals surface area contributed by atoms with Gasteiger partial charge in [-0.15, -0.1) is 12.4 Å². The molecule has 1 aromatic heterocycles. The summed E-state index contributed by atoms with van der Waals surface area (Å²) >= 11 is 12.2. The van der Waals surface area contributed by atoms with Gasteiger partial charge in [0.15, 0.2) is 0 Å². The van der Waals surface area contributed by atoms with Crippen molar-refractivity contribution >= 4 is 35.6 Å². The molecule has 0 saturated heterocycles. The van der Waals surface area contributed by atoms with Crippen LogP contribution in [0.4, 0.5) is 0 Å². The quantitative estimate of drug-likeness (QED) is 0.408. The summed E-state index contributed by atoms with van der Waals surface area (Å²) in [5.41, 5.74) is 9.05. The second-order valence-electron chi connectivity index (χ2n) is 6.45. The third-order valence-corrected chi connectivity index (χ3v) is 4.85. The van der Waals surface area contributed by atoms with E-state index in [0.29, 0.717) is 16.5 Å². The first kappa shape index (κ1) is 22.6. The summed E-state index contributed by atoms with van der Waals surface area (Å²) < 4.78 is 5.69. The molecule has 0 aliphatic heterocycles. The van der Waals surface area contributed by atoms with Crippen LogP contribution >= 0.6 is 35.6 Å². The highest BCUT2D eigenvalue weighted by Crippen LogP contribution is 2.30. The molecule has 7 heteroatoms. The number of halogens is 3. The van der Waals surface area contributed by atoms with E-state index in [0.717, 1.165) is 47.8 Å². The third kappa shape index (κ3) is 5.89. The molecular formula is C21H24Cl3N3O. The number of ether oxygens (including phenoxy) is 1. The number of nitrogens with one attached hydrogen (secondary N) is 1. The Morgan fingerprint density at radius 3 is 2.57 bits per heavy atom. The molecule has 2 aromatic carbocycles. The van der Waals surface area contributed by atoms with Crippen molar-refractivity contribution in [1.82, 2.24) is 9.97 Å². The van der Waals surface area contributed by atoms with Gasteiger partial charge in [0.2, 0.25) is 0 Å². The molecular weight excluding hydrogens is 417 g/mol. The van der Waals surface area contributed by atoms with Crippen LogP contribution in [-0.2, 0) is 6.42 Å². The molecule has 0 amide bonds. The zero-order valence-corrected chi connectivity index (χ0v) is 17.9. The summed E-state index contributed by atoms with van der Waals surface area (Å²) in [5, 5.41) is 1.16. The number of nitrogens with two attached hydrogens (primary N) is 1. The van der Waals surface area contributed by atoms with Gasteiger partial charge in [-0.25, -0.2) is 4.98 Å². The van der Waals surface area contributed by atoms with E-state index in [1.54, 1.807) is 12.1 Å². The summed E-state index contributed by atoms with van der Waals surface area (Å²) in [4.78, 5) is 7.76. The Labute approximate surface area is 181 Å². The van der Waals surface area contributed by atoms with Crippen LogP contribution in [0.5, 0.6) is 5.75 Å². The van der Waals surface area contributed by atoms with Crippen molar-refractivity contribution in [3.63, 3.8) is 0 Å². The van der Waals surface area contributed by atoms with E-state index >= 15 is 0 Å². The maximum absolute atomic E-state index is 6.34. The lowest BCUT2D eigenvalue weighted by atomic mass is 10.1. The van der Waals surface area contributed by atoms with E-state index in [4.69, 9.17) is 33.7 Å². The van der Waals surface area contributed by atoms with Gasteiger partial charge in [-0.3, -0.25) is 0 Å². The Morgan fingerprint density at radius 1 is 1.14 bits per heavy atom. The Balaban J connectivity index is 0.00000280. The molecule has 0 fully saturated rings. The molecule has 3 N–H and O–H groups in total. The van der Waals surface area contributed by atoms with Gasteiger partial charge in [0.1, 0.15) is 11.6 Å². The Kier molecular flexibility index (Phi) is 8.64. The molecule has 0 aliphatic rings. The largest absolute Gasteiger partial charge is 0.494 e. The van der Waals surface area contributed by atoms with Crippen molar-refractivity contribution in [3.05, 3.63) is 70.1 Å². The molecule has 3 rings (SSSR count). The lowest BCUT2D eigenvalue weighted by Crippen LogP contribution is -2.15. The number of hydrogen-bond donors (Lipinski definition) is 2. The topological polar surface area (TPSA) is 63.9 Å². The van der Waals surface area contributed by atoms with Crippen LogP contribution in [0.2, 0.25) is 10.0 Å². The van der Waals surface area contributed by atoms with Crippen molar-refractivity contribution in [1.29, 1.82) is 0 Å². The van der Waals surface area contributed by atoms with E-state index < -0.39 is 0 Å². The highest BCUT2D eigenvalue weighted by atomic mass is 35.5. The van der Waals surface area contributed by atoms with Crippen LogP contribution in [-0.4, -0.2) is 16.6 Å². The fourth-order valence-corrected chi connectivity index (χ4v) is 3.27. The first-order chi connectivity index (χ1) is 13.1. The number of benzene rings is 2. The monoisotopic (exact) mass is 439 g/mol. The van der Waals surface area contributed by atoms with Gasteiger partial charge in [0.05, 0.1) is 23.4 Å². The summed E-state index contributed by atoms with van der Waals surface area (Å²) in [5.74, 6) is 1.61. The van der Waals surface area contributed by atoms with Gasteiger partial charge < -0.3 is 15.5 Å². The van der Waals surface area contributed by atoms with Gasteiger partial charge in [-0.2, -0.15) is 0 Å². The maximum atomic E-state index is 6.34. The lowest BCUT2D eigenvalue weighted by molar-refractivity contribution is 0.309. The summed E-state index contributed by atoms with van der Waals surface area (Å²) in [6.07, 6.45) is 4.68. The predicted octanol–water partition coefficient (Wildman–Crippen LogP) is 6.23. The van der Waals surface area contributed by atoms with Crippen LogP contribution in [0.3, 0.4) is 0 Å². The summed E-state index contributed by atoms with van der Waals surface area (Å²) in [6, 6.07) is 13.2. The summed E-state index contributed by atoms with van der Waals surface area (Å²) in [7, 11) is 0. The second kappa shape index (κ2) is 10.7. The molecule has 0 spiro atoms. The standard InChI is InChI=1S/C21H23Cl2N3O.ClH/c1-2-3-10-27-16-7-4-14(5-8-16)11-19(24)21-25-13-20(26-21)17-9-6-15(22)12-18(17)23;/h4-9,12-13,19H,2-3,10-11,24H2,1H3,(H,25,26);1H. The number of aromatic amines is 1. The minimum Gasteiger partial charge on any atom is -0.494 e. The van der Waals surface area contributed by atoms with Crippen molar-refractivity contribution in [2.75, 3.05) is 6.61 Å². The van der Waals surface area contributed by atoms with Gasteiger partial charge in [0.25, 0.3) is 0 Å². The smallest absolute Gasteiger partial charge is 0.124 e. The van der Waals surface area contributed by atoms with E-state index in [2.05, 4.69) is 16.9 Å². The lowest BCUT2D eigenvalue weighted by Gasteiger charge is -2.10. The van der Waals surface area contributed by atoms with E-state index in [9.17, 15) is 0 Å². The molecule has 1 heterocycles. The Bertz CT molecular complexity index is 881. The minimum absolute atomic E-state index is 0. The first-order valence-electron chi connectivity index (χ1n) is 9.05. The number of unbranched alkanes of at least 4 members (excludes halogenated alkanes) is 1. The maximum Gasteiger partial charge on any atom is 0.124 e. The number of nitrogens with zero attached hydrogens (tertiary/aromatic N) is 1. The number of H-pyrrole nitrogens is 1. The predicted molar refractivity (Wildman–Crippen MR) is 119 cm³/mol. The van der Waals surface area contributed by atoms with Gasteiger partial charge in [-0.1, -0.05) is 48.7 Å². The molecule has 28 heavy (non-hydrogen) atoms. The molecule has 150 valence electrons.